The SMILES string of the molecule is CC(C)(CNc1ncc(Br)cc1Cl)c1ccccc1. The Kier molecular flexibility index (Phi) is 4.48. The van der Waals surface area contributed by atoms with Crippen LogP contribution >= 0.6 is 27.5 Å². The largest absolute Gasteiger partial charge is 0.368 e. The lowest BCUT2D eigenvalue weighted by Gasteiger charge is -2.26. The second-order valence-electron chi connectivity index (χ2n) is 5.09. The molecule has 19 heavy (non-hydrogen) atoms. The third-order valence-electron chi connectivity index (χ3n) is 3.06. The maximum absolute atomic E-state index is 6.15. The van der Waals surface area contributed by atoms with Crippen molar-refractivity contribution in [2.24, 2.45) is 0 Å². The number of halogens is 2. The Balaban J connectivity index is 2.09. The Morgan fingerprint density at radius 2 is 1.95 bits per heavy atom. The predicted molar refractivity (Wildman–Crippen MR) is 84.9 cm³/mol. The molecule has 2 rings (SSSR count). The van der Waals surface area contributed by atoms with Crippen molar-refractivity contribution in [2.75, 3.05) is 11.9 Å². The Labute approximate surface area is 127 Å². The third-order valence-corrected chi connectivity index (χ3v) is 3.78. The van der Waals surface area contributed by atoms with Crippen LogP contribution in [0.3, 0.4) is 0 Å². The van der Waals surface area contributed by atoms with E-state index < -0.39 is 0 Å². The fourth-order valence-electron chi connectivity index (χ4n) is 1.84. The highest BCUT2D eigenvalue weighted by molar-refractivity contribution is 9.10. The van der Waals surface area contributed by atoms with Gasteiger partial charge in [0.25, 0.3) is 0 Å². The standard InChI is InChI=1S/C15H16BrClN2/c1-15(2,11-6-4-3-5-7-11)10-19-14-13(17)8-12(16)9-18-14/h3-9H,10H2,1-2H3,(H,18,19). The highest BCUT2D eigenvalue weighted by atomic mass is 79.9. The van der Waals surface area contributed by atoms with Crippen molar-refractivity contribution in [3.8, 4) is 0 Å². The molecule has 0 atom stereocenters. The van der Waals surface area contributed by atoms with Crippen LogP contribution in [0.5, 0.6) is 0 Å². The topological polar surface area (TPSA) is 24.9 Å². The van der Waals surface area contributed by atoms with Gasteiger partial charge < -0.3 is 5.32 Å². The van der Waals surface area contributed by atoms with Gasteiger partial charge in [0.15, 0.2) is 0 Å². The van der Waals surface area contributed by atoms with Crippen LogP contribution in [0.4, 0.5) is 5.82 Å². The van der Waals surface area contributed by atoms with Crippen LogP contribution in [0, 0.1) is 0 Å². The molecule has 0 bridgehead atoms. The molecule has 1 aromatic carbocycles. The van der Waals surface area contributed by atoms with E-state index in [0.717, 1.165) is 11.0 Å². The van der Waals surface area contributed by atoms with Crippen LogP contribution in [0.2, 0.25) is 5.02 Å². The molecule has 1 N–H and O–H groups in total. The molecule has 0 unspecified atom stereocenters. The van der Waals surface area contributed by atoms with Crippen molar-refractivity contribution in [1.29, 1.82) is 0 Å². The quantitative estimate of drug-likeness (QED) is 0.858. The van der Waals surface area contributed by atoms with Gasteiger partial charge in [0.2, 0.25) is 0 Å². The zero-order valence-electron chi connectivity index (χ0n) is 11.0. The first-order valence-corrected chi connectivity index (χ1v) is 7.26. The van der Waals surface area contributed by atoms with Crippen molar-refractivity contribution in [1.82, 2.24) is 4.98 Å². The molecule has 0 saturated heterocycles. The summed E-state index contributed by atoms with van der Waals surface area (Å²) in [6.07, 6.45) is 1.74. The van der Waals surface area contributed by atoms with Crippen molar-refractivity contribution in [2.45, 2.75) is 19.3 Å². The Morgan fingerprint density at radius 3 is 2.58 bits per heavy atom. The zero-order chi connectivity index (χ0) is 13.9. The summed E-state index contributed by atoms with van der Waals surface area (Å²) >= 11 is 9.50. The van der Waals surface area contributed by atoms with Gasteiger partial charge in [-0.25, -0.2) is 4.98 Å². The summed E-state index contributed by atoms with van der Waals surface area (Å²) in [4.78, 5) is 4.28. The van der Waals surface area contributed by atoms with Crippen LogP contribution < -0.4 is 5.32 Å². The van der Waals surface area contributed by atoms with E-state index in [-0.39, 0.29) is 5.41 Å². The minimum atomic E-state index is 0.0132. The minimum absolute atomic E-state index is 0.0132. The highest BCUT2D eigenvalue weighted by Crippen LogP contribution is 2.26. The summed E-state index contributed by atoms with van der Waals surface area (Å²) in [5.74, 6) is 0.717. The highest BCUT2D eigenvalue weighted by Gasteiger charge is 2.20. The van der Waals surface area contributed by atoms with E-state index in [1.807, 2.05) is 12.1 Å². The number of nitrogens with one attached hydrogen (secondary N) is 1. The summed E-state index contributed by atoms with van der Waals surface area (Å²) < 4.78 is 0.880. The number of rotatable bonds is 4. The van der Waals surface area contributed by atoms with E-state index in [1.165, 1.54) is 5.56 Å². The molecule has 0 radical (unpaired) electrons. The number of pyridine rings is 1. The number of anilines is 1. The lowest BCUT2D eigenvalue weighted by molar-refractivity contribution is 0.556. The lowest BCUT2D eigenvalue weighted by atomic mass is 9.84. The summed E-state index contributed by atoms with van der Waals surface area (Å²) in [5, 5.41) is 3.94. The molecule has 100 valence electrons. The van der Waals surface area contributed by atoms with Crippen LogP contribution in [0.15, 0.2) is 47.1 Å². The van der Waals surface area contributed by atoms with Gasteiger partial charge in [-0.2, -0.15) is 0 Å². The normalized spacial score (nSPS) is 11.4. The number of nitrogens with zero attached hydrogens (tertiary/aromatic N) is 1. The molecule has 4 heteroatoms. The molecule has 0 aliphatic heterocycles. The van der Waals surface area contributed by atoms with Gasteiger partial charge in [-0.3, -0.25) is 0 Å². The van der Waals surface area contributed by atoms with Crippen LogP contribution in [-0.2, 0) is 5.41 Å². The van der Waals surface area contributed by atoms with E-state index in [0.29, 0.717) is 10.8 Å². The Bertz CT molecular complexity index is 555. The van der Waals surface area contributed by atoms with E-state index in [9.17, 15) is 0 Å². The van der Waals surface area contributed by atoms with Gasteiger partial charge in [0.1, 0.15) is 5.82 Å². The second kappa shape index (κ2) is 5.93. The van der Waals surface area contributed by atoms with Crippen LogP contribution in [-0.4, -0.2) is 11.5 Å². The van der Waals surface area contributed by atoms with Gasteiger partial charge in [0.05, 0.1) is 5.02 Å². The van der Waals surface area contributed by atoms with Crippen molar-refractivity contribution >= 4 is 33.3 Å². The molecule has 0 aliphatic carbocycles. The maximum Gasteiger partial charge on any atom is 0.144 e. The summed E-state index contributed by atoms with van der Waals surface area (Å²) in [5.41, 5.74) is 1.30. The lowest BCUT2D eigenvalue weighted by Crippen LogP contribution is -2.27. The second-order valence-corrected chi connectivity index (χ2v) is 6.41. The molecular weight excluding hydrogens is 324 g/mol. The van der Waals surface area contributed by atoms with Crippen molar-refractivity contribution in [3.05, 3.63) is 57.7 Å². The van der Waals surface area contributed by atoms with Gasteiger partial charge in [0, 0.05) is 22.6 Å². The van der Waals surface area contributed by atoms with E-state index in [4.69, 9.17) is 11.6 Å². The summed E-state index contributed by atoms with van der Waals surface area (Å²) in [6, 6.07) is 12.3. The zero-order valence-corrected chi connectivity index (χ0v) is 13.3. The Morgan fingerprint density at radius 1 is 1.26 bits per heavy atom. The first kappa shape index (κ1) is 14.4. The molecule has 1 heterocycles. The molecule has 0 spiro atoms. The molecule has 0 fully saturated rings. The monoisotopic (exact) mass is 338 g/mol. The molecule has 0 saturated carbocycles. The van der Waals surface area contributed by atoms with Gasteiger partial charge >= 0.3 is 0 Å². The van der Waals surface area contributed by atoms with Gasteiger partial charge in [-0.15, -0.1) is 0 Å². The van der Waals surface area contributed by atoms with Crippen molar-refractivity contribution < 1.29 is 0 Å². The summed E-state index contributed by atoms with van der Waals surface area (Å²) in [7, 11) is 0. The summed E-state index contributed by atoms with van der Waals surface area (Å²) in [6.45, 7) is 5.16. The van der Waals surface area contributed by atoms with E-state index in [1.54, 1.807) is 6.20 Å². The first-order valence-electron chi connectivity index (χ1n) is 6.09. The molecule has 0 amide bonds. The first-order chi connectivity index (χ1) is 8.99. The average molecular weight is 340 g/mol. The maximum atomic E-state index is 6.15. The van der Waals surface area contributed by atoms with Crippen LogP contribution in [0.25, 0.3) is 0 Å². The fourth-order valence-corrected chi connectivity index (χ4v) is 2.54. The number of benzene rings is 1. The molecule has 1 aromatic heterocycles. The van der Waals surface area contributed by atoms with Gasteiger partial charge in [-0.05, 0) is 27.6 Å². The average Bonchev–Trinajstić information content (AvgIpc) is 2.39. The smallest absolute Gasteiger partial charge is 0.144 e. The molecule has 0 aliphatic rings. The Hall–Kier alpha value is -1.06. The van der Waals surface area contributed by atoms with Crippen LogP contribution in [0.1, 0.15) is 19.4 Å². The number of hydrogen-bond acceptors (Lipinski definition) is 2. The van der Waals surface area contributed by atoms with Crippen molar-refractivity contribution in [3.63, 3.8) is 0 Å². The molecule has 2 aromatic rings. The molecular formula is C15H16BrClN2. The minimum Gasteiger partial charge on any atom is -0.368 e. The fraction of sp³-hybridized carbons (Fsp3) is 0.267. The van der Waals surface area contributed by atoms with E-state index in [2.05, 4.69) is 64.3 Å². The predicted octanol–water partition coefficient (Wildman–Crippen LogP) is 4.89. The number of hydrogen-bond donors (Lipinski definition) is 1. The number of aromatic nitrogens is 1. The van der Waals surface area contributed by atoms with E-state index >= 15 is 0 Å². The molecule has 2 nitrogen and oxygen atoms in total. The third kappa shape index (κ3) is 3.71. The van der Waals surface area contributed by atoms with Gasteiger partial charge in [-0.1, -0.05) is 55.8 Å².